The van der Waals surface area contributed by atoms with E-state index in [1.807, 2.05) is 22.8 Å². The van der Waals surface area contributed by atoms with Crippen molar-refractivity contribution in [2.24, 2.45) is 0 Å². The summed E-state index contributed by atoms with van der Waals surface area (Å²) < 4.78 is 4.16. The van der Waals surface area contributed by atoms with E-state index in [1.54, 1.807) is 11.3 Å². The highest BCUT2D eigenvalue weighted by Gasteiger charge is 2.09. The monoisotopic (exact) mass is 385 g/mol. The lowest BCUT2D eigenvalue weighted by Crippen LogP contribution is -2.03. The fourth-order valence-electron chi connectivity index (χ4n) is 1.87. The molecule has 0 unspecified atom stereocenters. The molecule has 2 heterocycles. The molecule has 0 aliphatic carbocycles. The minimum absolute atomic E-state index is 0.549. The molecule has 1 aromatic carbocycles. The molecule has 0 amide bonds. The molecule has 3 nitrogen and oxygen atoms in total. The smallest absolute Gasteiger partial charge is 0.201 e. The number of rotatable bonds is 2. The molecule has 0 spiro atoms. The van der Waals surface area contributed by atoms with Crippen LogP contribution in [0.15, 0.2) is 38.6 Å². The number of halogens is 2. The lowest BCUT2D eigenvalue weighted by molar-refractivity contribution is 0.852. The van der Waals surface area contributed by atoms with E-state index in [1.165, 1.54) is 4.88 Å². The Kier molecular flexibility index (Phi) is 3.17. The third-order valence-electron chi connectivity index (χ3n) is 2.68. The molecule has 18 heavy (non-hydrogen) atoms. The predicted molar refractivity (Wildman–Crippen MR) is 83.0 cm³/mol. The van der Waals surface area contributed by atoms with Gasteiger partial charge in [0.1, 0.15) is 0 Å². The van der Waals surface area contributed by atoms with Crippen LogP contribution < -0.4 is 5.73 Å². The standard InChI is InChI=1S/C12H9Br2N3S/c13-7-1-2-10-11(4-7)17(12(15)16-10)5-9-3-8(14)6-18-9/h1-4,6H,5H2,(H2,15,16). The molecule has 0 atom stereocenters. The Morgan fingerprint density at radius 1 is 1.22 bits per heavy atom. The molecule has 0 saturated heterocycles. The molecular weight excluding hydrogens is 378 g/mol. The molecular formula is C12H9Br2N3S. The first-order valence-corrected chi connectivity index (χ1v) is 7.74. The summed E-state index contributed by atoms with van der Waals surface area (Å²) in [6.07, 6.45) is 0. The third-order valence-corrected chi connectivity index (χ3v) is 4.85. The lowest BCUT2D eigenvalue weighted by Gasteiger charge is -2.04. The molecule has 0 bridgehead atoms. The first-order chi connectivity index (χ1) is 8.63. The molecule has 2 N–H and O–H groups in total. The maximum Gasteiger partial charge on any atom is 0.201 e. The number of nitrogen functional groups attached to an aromatic ring is 1. The Hall–Kier alpha value is -0.850. The van der Waals surface area contributed by atoms with Crippen molar-refractivity contribution in [3.05, 3.63) is 43.5 Å². The van der Waals surface area contributed by atoms with E-state index >= 15 is 0 Å². The molecule has 6 heteroatoms. The molecule has 0 saturated carbocycles. The Balaban J connectivity index is 2.10. The van der Waals surface area contributed by atoms with Crippen molar-refractivity contribution in [2.75, 3.05) is 5.73 Å². The topological polar surface area (TPSA) is 43.8 Å². The fourth-order valence-corrected chi connectivity index (χ4v) is 3.66. The van der Waals surface area contributed by atoms with Crippen molar-refractivity contribution in [3.63, 3.8) is 0 Å². The average molecular weight is 387 g/mol. The second-order valence-electron chi connectivity index (χ2n) is 3.92. The van der Waals surface area contributed by atoms with Gasteiger partial charge >= 0.3 is 0 Å². The number of anilines is 1. The Morgan fingerprint density at radius 2 is 2.06 bits per heavy atom. The van der Waals surface area contributed by atoms with Gasteiger partial charge in [0.05, 0.1) is 17.6 Å². The normalized spacial score (nSPS) is 11.2. The summed E-state index contributed by atoms with van der Waals surface area (Å²) in [5, 5.41) is 2.07. The molecule has 92 valence electrons. The van der Waals surface area contributed by atoms with Crippen LogP contribution in [0.25, 0.3) is 11.0 Å². The van der Waals surface area contributed by atoms with E-state index in [0.29, 0.717) is 5.95 Å². The van der Waals surface area contributed by atoms with Crippen LogP contribution in [0.4, 0.5) is 5.95 Å². The van der Waals surface area contributed by atoms with Crippen LogP contribution in [0, 0.1) is 0 Å². The number of nitrogens with two attached hydrogens (primary N) is 1. The first kappa shape index (κ1) is 12.2. The van der Waals surface area contributed by atoms with E-state index in [2.05, 4.69) is 48.3 Å². The van der Waals surface area contributed by atoms with Gasteiger partial charge in [0.25, 0.3) is 0 Å². The van der Waals surface area contributed by atoms with Gasteiger partial charge in [-0.15, -0.1) is 11.3 Å². The highest BCUT2D eigenvalue weighted by atomic mass is 79.9. The van der Waals surface area contributed by atoms with E-state index < -0.39 is 0 Å². The van der Waals surface area contributed by atoms with Crippen LogP contribution in [0.2, 0.25) is 0 Å². The van der Waals surface area contributed by atoms with Gasteiger partial charge in [0, 0.05) is 19.2 Å². The number of hydrogen-bond donors (Lipinski definition) is 1. The summed E-state index contributed by atoms with van der Waals surface area (Å²) in [6.45, 7) is 0.745. The summed E-state index contributed by atoms with van der Waals surface area (Å²) in [7, 11) is 0. The predicted octanol–water partition coefficient (Wildman–Crippen LogP) is 4.25. The zero-order valence-corrected chi connectivity index (χ0v) is 13.2. The minimum Gasteiger partial charge on any atom is -0.369 e. The van der Waals surface area contributed by atoms with Crippen LogP contribution in [-0.2, 0) is 6.54 Å². The molecule has 0 aliphatic heterocycles. The Labute approximate surface area is 125 Å². The summed E-state index contributed by atoms with van der Waals surface area (Å²) in [4.78, 5) is 5.61. The molecule has 2 aromatic heterocycles. The first-order valence-electron chi connectivity index (χ1n) is 5.27. The van der Waals surface area contributed by atoms with Gasteiger partial charge < -0.3 is 10.3 Å². The number of imidazole rings is 1. The van der Waals surface area contributed by atoms with Gasteiger partial charge in [-0.1, -0.05) is 15.9 Å². The highest BCUT2D eigenvalue weighted by Crippen LogP contribution is 2.26. The average Bonchev–Trinajstić information content (AvgIpc) is 2.86. The van der Waals surface area contributed by atoms with Crippen LogP contribution in [0.3, 0.4) is 0 Å². The van der Waals surface area contributed by atoms with Crippen molar-refractivity contribution < 1.29 is 0 Å². The van der Waals surface area contributed by atoms with Crippen molar-refractivity contribution in [2.45, 2.75) is 6.54 Å². The van der Waals surface area contributed by atoms with Crippen molar-refractivity contribution in [1.29, 1.82) is 0 Å². The number of fused-ring (bicyclic) bond motifs is 1. The number of benzene rings is 1. The van der Waals surface area contributed by atoms with E-state index in [4.69, 9.17) is 5.73 Å². The number of thiophene rings is 1. The summed E-state index contributed by atoms with van der Waals surface area (Å²) in [5.41, 5.74) is 7.96. The Bertz CT molecular complexity index is 717. The van der Waals surface area contributed by atoms with E-state index in [0.717, 1.165) is 26.5 Å². The molecule has 0 aliphatic rings. The number of aromatic nitrogens is 2. The van der Waals surface area contributed by atoms with Crippen molar-refractivity contribution in [1.82, 2.24) is 9.55 Å². The van der Waals surface area contributed by atoms with Crippen molar-refractivity contribution in [3.8, 4) is 0 Å². The van der Waals surface area contributed by atoms with Crippen LogP contribution in [0.5, 0.6) is 0 Å². The van der Waals surface area contributed by atoms with Gasteiger partial charge in [-0.2, -0.15) is 0 Å². The van der Waals surface area contributed by atoms with Crippen molar-refractivity contribution >= 4 is 60.2 Å². The SMILES string of the molecule is Nc1nc2ccc(Br)cc2n1Cc1cc(Br)cs1. The lowest BCUT2D eigenvalue weighted by atomic mass is 10.3. The highest BCUT2D eigenvalue weighted by molar-refractivity contribution is 9.10. The van der Waals surface area contributed by atoms with Gasteiger partial charge in [0.15, 0.2) is 0 Å². The van der Waals surface area contributed by atoms with E-state index in [9.17, 15) is 0 Å². The summed E-state index contributed by atoms with van der Waals surface area (Å²) in [6, 6.07) is 8.09. The molecule has 3 aromatic rings. The van der Waals surface area contributed by atoms with Gasteiger partial charge in [0.2, 0.25) is 5.95 Å². The maximum absolute atomic E-state index is 5.99. The van der Waals surface area contributed by atoms with Crippen LogP contribution >= 0.6 is 43.2 Å². The zero-order valence-electron chi connectivity index (χ0n) is 9.23. The maximum atomic E-state index is 5.99. The molecule has 0 fully saturated rings. The Morgan fingerprint density at radius 3 is 2.78 bits per heavy atom. The third kappa shape index (κ3) is 2.20. The fraction of sp³-hybridized carbons (Fsp3) is 0.0833. The molecule has 3 rings (SSSR count). The number of nitrogens with zero attached hydrogens (tertiary/aromatic N) is 2. The number of hydrogen-bond acceptors (Lipinski definition) is 3. The van der Waals surface area contributed by atoms with Crippen LogP contribution in [-0.4, -0.2) is 9.55 Å². The molecule has 0 radical (unpaired) electrons. The van der Waals surface area contributed by atoms with Gasteiger partial charge in [-0.3, -0.25) is 0 Å². The summed E-state index contributed by atoms with van der Waals surface area (Å²) in [5.74, 6) is 0.549. The second-order valence-corrected chi connectivity index (χ2v) is 6.75. The van der Waals surface area contributed by atoms with E-state index in [-0.39, 0.29) is 0 Å². The minimum atomic E-state index is 0.549. The van der Waals surface area contributed by atoms with Gasteiger partial charge in [-0.25, -0.2) is 4.98 Å². The zero-order chi connectivity index (χ0) is 12.7. The summed E-state index contributed by atoms with van der Waals surface area (Å²) >= 11 is 8.65. The van der Waals surface area contributed by atoms with Gasteiger partial charge in [-0.05, 0) is 40.2 Å². The largest absolute Gasteiger partial charge is 0.369 e. The second kappa shape index (κ2) is 4.68. The quantitative estimate of drug-likeness (QED) is 0.715. The van der Waals surface area contributed by atoms with Crippen LogP contribution in [0.1, 0.15) is 4.88 Å².